The van der Waals surface area contributed by atoms with Gasteiger partial charge in [-0.25, -0.2) is 0 Å². The quantitative estimate of drug-likeness (QED) is 0.749. The zero-order chi connectivity index (χ0) is 17.4. The fraction of sp³-hybridized carbons (Fsp3) is 0.0500. The van der Waals surface area contributed by atoms with E-state index in [0.29, 0.717) is 16.8 Å². The normalized spacial score (nSPS) is 13.0. The highest BCUT2D eigenvalue weighted by molar-refractivity contribution is 6.21. The Morgan fingerprint density at radius 1 is 0.920 bits per heavy atom. The van der Waals surface area contributed by atoms with Gasteiger partial charge in [0.1, 0.15) is 11.8 Å². The smallest absolute Gasteiger partial charge is 0.261 e. The van der Waals surface area contributed by atoms with E-state index >= 15 is 0 Å². The van der Waals surface area contributed by atoms with Crippen molar-refractivity contribution in [2.24, 2.45) is 0 Å². The Kier molecular flexibility index (Phi) is 3.44. The molecule has 2 heterocycles. The molecule has 3 aromatic rings. The molecule has 1 aliphatic heterocycles. The lowest BCUT2D eigenvalue weighted by atomic mass is 10.0. The standard InChI is InChI=1S/C20H13N3O2/c21-10-15-9-14(11-22-15)16-6-2-1-5-13(16)12-23-19(24)17-7-3-4-8-18(17)20(23)25/h1-9,11,22H,12H2. The van der Waals surface area contributed by atoms with Crippen molar-refractivity contribution >= 4 is 11.8 Å². The maximum Gasteiger partial charge on any atom is 0.261 e. The number of aromatic nitrogens is 1. The first-order valence-electron chi connectivity index (χ1n) is 7.81. The van der Waals surface area contributed by atoms with Crippen molar-refractivity contribution < 1.29 is 9.59 Å². The molecule has 5 heteroatoms. The second kappa shape index (κ2) is 5.77. The lowest BCUT2D eigenvalue weighted by molar-refractivity contribution is 0.0642. The van der Waals surface area contributed by atoms with Crippen molar-refractivity contribution in [1.29, 1.82) is 5.26 Å². The van der Waals surface area contributed by atoms with Gasteiger partial charge in [-0.15, -0.1) is 0 Å². The molecule has 25 heavy (non-hydrogen) atoms. The van der Waals surface area contributed by atoms with Crippen LogP contribution in [0.2, 0.25) is 0 Å². The number of aromatic amines is 1. The van der Waals surface area contributed by atoms with Crippen LogP contribution >= 0.6 is 0 Å². The van der Waals surface area contributed by atoms with Crippen LogP contribution in [0.5, 0.6) is 0 Å². The third-order valence-corrected chi connectivity index (χ3v) is 4.34. The first-order valence-corrected chi connectivity index (χ1v) is 7.81. The van der Waals surface area contributed by atoms with Crippen LogP contribution in [-0.4, -0.2) is 21.7 Å². The zero-order valence-electron chi connectivity index (χ0n) is 13.2. The molecule has 1 aromatic heterocycles. The number of rotatable bonds is 3. The van der Waals surface area contributed by atoms with Crippen LogP contribution in [0.25, 0.3) is 11.1 Å². The minimum atomic E-state index is -0.276. The third kappa shape index (κ3) is 2.41. The Hall–Kier alpha value is -3.65. The van der Waals surface area contributed by atoms with Gasteiger partial charge in [0, 0.05) is 11.8 Å². The highest BCUT2D eigenvalue weighted by Gasteiger charge is 2.35. The number of nitrogens with one attached hydrogen (secondary N) is 1. The van der Waals surface area contributed by atoms with Crippen molar-refractivity contribution in [3.05, 3.63) is 83.2 Å². The van der Waals surface area contributed by atoms with E-state index in [9.17, 15) is 9.59 Å². The van der Waals surface area contributed by atoms with Crippen molar-refractivity contribution in [1.82, 2.24) is 9.88 Å². The van der Waals surface area contributed by atoms with Crippen molar-refractivity contribution in [3.8, 4) is 17.2 Å². The van der Waals surface area contributed by atoms with Crippen molar-refractivity contribution in [2.45, 2.75) is 6.54 Å². The van der Waals surface area contributed by atoms with E-state index in [-0.39, 0.29) is 18.4 Å². The summed E-state index contributed by atoms with van der Waals surface area (Å²) in [4.78, 5) is 29.3. The van der Waals surface area contributed by atoms with Crippen LogP contribution in [0, 0.1) is 11.3 Å². The molecule has 0 atom stereocenters. The average molecular weight is 327 g/mol. The summed E-state index contributed by atoms with van der Waals surface area (Å²) in [6.45, 7) is 0.190. The highest BCUT2D eigenvalue weighted by atomic mass is 16.2. The van der Waals surface area contributed by atoms with E-state index in [1.54, 1.807) is 36.5 Å². The maximum absolute atomic E-state index is 12.6. The Balaban J connectivity index is 1.70. The number of nitriles is 1. The lowest BCUT2D eigenvalue weighted by Crippen LogP contribution is -2.29. The minimum absolute atomic E-state index is 0.190. The number of carbonyl (C=O) groups is 2. The van der Waals surface area contributed by atoms with Gasteiger partial charge < -0.3 is 4.98 Å². The van der Waals surface area contributed by atoms with E-state index in [1.165, 1.54) is 4.90 Å². The molecule has 1 aliphatic rings. The first-order chi connectivity index (χ1) is 12.2. The van der Waals surface area contributed by atoms with Gasteiger partial charge in [-0.2, -0.15) is 5.26 Å². The number of hydrogen-bond acceptors (Lipinski definition) is 3. The molecule has 0 unspecified atom stereocenters. The molecule has 2 amide bonds. The predicted molar refractivity (Wildman–Crippen MR) is 91.6 cm³/mol. The van der Waals surface area contributed by atoms with Gasteiger partial charge in [0.15, 0.2) is 0 Å². The molecule has 1 N–H and O–H groups in total. The van der Waals surface area contributed by atoms with Gasteiger partial charge in [-0.3, -0.25) is 14.5 Å². The van der Waals surface area contributed by atoms with E-state index < -0.39 is 0 Å². The van der Waals surface area contributed by atoms with E-state index in [1.807, 2.05) is 24.3 Å². The monoisotopic (exact) mass is 327 g/mol. The molecule has 0 saturated heterocycles. The molecular weight excluding hydrogens is 314 g/mol. The first kappa shape index (κ1) is 14.9. The Bertz CT molecular complexity index is 1010. The number of carbonyl (C=O) groups excluding carboxylic acids is 2. The molecule has 0 spiro atoms. The molecule has 4 rings (SSSR count). The summed E-state index contributed by atoms with van der Waals surface area (Å²) >= 11 is 0. The summed E-state index contributed by atoms with van der Waals surface area (Å²) in [6.07, 6.45) is 1.75. The van der Waals surface area contributed by atoms with Crippen molar-refractivity contribution in [3.63, 3.8) is 0 Å². The van der Waals surface area contributed by atoms with Crippen LogP contribution < -0.4 is 0 Å². The van der Waals surface area contributed by atoms with Crippen LogP contribution in [0.1, 0.15) is 32.0 Å². The molecule has 120 valence electrons. The summed E-state index contributed by atoms with van der Waals surface area (Å²) < 4.78 is 0. The fourth-order valence-corrected chi connectivity index (χ4v) is 3.11. The molecule has 5 nitrogen and oxygen atoms in total. The number of amides is 2. The lowest BCUT2D eigenvalue weighted by Gasteiger charge is -2.16. The second-order valence-electron chi connectivity index (χ2n) is 5.81. The zero-order valence-corrected chi connectivity index (χ0v) is 13.2. The summed E-state index contributed by atoms with van der Waals surface area (Å²) in [6, 6.07) is 18.2. The maximum atomic E-state index is 12.6. The number of benzene rings is 2. The Morgan fingerprint density at radius 2 is 1.52 bits per heavy atom. The van der Waals surface area contributed by atoms with E-state index in [0.717, 1.165) is 16.7 Å². The minimum Gasteiger partial charge on any atom is -0.353 e. The highest BCUT2D eigenvalue weighted by Crippen LogP contribution is 2.29. The number of H-pyrrole nitrogens is 1. The molecule has 0 saturated carbocycles. The SMILES string of the molecule is N#Cc1cc(-c2ccccc2CN2C(=O)c3ccccc3C2=O)c[nH]1. The van der Waals surface area contributed by atoms with Gasteiger partial charge in [-0.05, 0) is 29.3 Å². The van der Waals surface area contributed by atoms with Gasteiger partial charge in [0.25, 0.3) is 11.8 Å². The van der Waals surface area contributed by atoms with E-state index in [4.69, 9.17) is 5.26 Å². The second-order valence-corrected chi connectivity index (χ2v) is 5.81. The number of nitrogens with zero attached hydrogens (tertiary/aromatic N) is 2. The molecular formula is C20H13N3O2. The van der Waals surface area contributed by atoms with Gasteiger partial charge >= 0.3 is 0 Å². The molecule has 0 aliphatic carbocycles. The summed E-state index contributed by atoms with van der Waals surface area (Å²) in [5.74, 6) is -0.552. The topological polar surface area (TPSA) is 77.0 Å². The van der Waals surface area contributed by atoms with Crippen LogP contribution in [0.4, 0.5) is 0 Å². The average Bonchev–Trinajstić information content (AvgIpc) is 3.22. The predicted octanol–water partition coefficient (Wildman–Crippen LogP) is 3.35. The van der Waals surface area contributed by atoms with Crippen LogP contribution in [-0.2, 0) is 6.54 Å². The van der Waals surface area contributed by atoms with Crippen LogP contribution in [0.3, 0.4) is 0 Å². The molecule has 0 fully saturated rings. The molecule has 2 aromatic carbocycles. The largest absolute Gasteiger partial charge is 0.353 e. The Morgan fingerprint density at radius 3 is 2.12 bits per heavy atom. The van der Waals surface area contributed by atoms with Gasteiger partial charge in [-0.1, -0.05) is 36.4 Å². The Labute approximate surface area is 144 Å². The number of hydrogen-bond donors (Lipinski definition) is 1. The molecule has 0 radical (unpaired) electrons. The van der Waals surface area contributed by atoms with Crippen LogP contribution in [0.15, 0.2) is 60.8 Å². The van der Waals surface area contributed by atoms with Crippen molar-refractivity contribution in [2.75, 3.05) is 0 Å². The summed E-state index contributed by atoms with van der Waals surface area (Å²) in [5.41, 5.74) is 3.93. The van der Waals surface area contributed by atoms with Gasteiger partial charge in [0.2, 0.25) is 0 Å². The summed E-state index contributed by atoms with van der Waals surface area (Å²) in [5, 5.41) is 8.99. The number of imide groups is 1. The van der Waals surface area contributed by atoms with Gasteiger partial charge in [0.05, 0.1) is 17.7 Å². The summed E-state index contributed by atoms with van der Waals surface area (Å²) in [7, 11) is 0. The van der Waals surface area contributed by atoms with E-state index in [2.05, 4.69) is 11.1 Å². The third-order valence-electron chi connectivity index (χ3n) is 4.34. The fourth-order valence-electron chi connectivity index (χ4n) is 3.11. The molecule has 0 bridgehead atoms. The number of fused-ring (bicyclic) bond motifs is 1.